The van der Waals surface area contributed by atoms with Gasteiger partial charge in [-0.3, -0.25) is 4.79 Å². The molecule has 0 aliphatic carbocycles. The topological polar surface area (TPSA) is 35.9 Å². The summed E-state index contributed by atoms with van der Waals surface area (Å²) in [5, 5.41) is 6.54. The van der Waals surface area contributed by atoms with Crippen LogP contribution in [0.2, 0.25) is 0 Å². The lowest BCUT2D eigenvalue weighted by Crippen LogP contribution is -2.37. The molecule has 0 N–H and O–H groups in total. The molecule has 0 amide bonds. The second-order valence-corrected chi connectivity index (χ2v) is 5.89. The summed E-state index contributed by atoms with van der Waals surface area (Å²) in [6.45, 7) is 7.99. The molecule has 0 aromatic heterocycles. The summed E-state index contributed by atoms with van der Waals surface area (Å²) in [6, 6.07) is 18.3. The Labute approximate surface area is 142 Å². The minimum Gasteiger partial charge on any atom is -0.322 e. The van der Waals surface area contributed by atoms with Crippen LogP contribution in [0.15, 0.2) is 72.4 Å². The van der Waals surface area contributed by atoms with Gasteiger partial charge in [-0.1, -0.05) is 54.1 Å². The molecule has 0 bridgehead atoms. The van der Waals surface area contributed by atoms with Gasteiger partial charge in [-0.05, 0) is 24.6 Å². The average molecular weight is 319 g/mol. The van der Waals surface area contributed by atoms with Crippen LogP contribution in [0.25, 0.3) is 0 Å². The lowest BCUT2D eigenvalue weighted by molar-refractivity contribution is -0.111. The molecule has 122 valence electrons. The van der Waals surface area contributed by atoms with Crippen molar-refractivity contribution in [1.82, 2.24) is 4.90 Å². The Morgan fingerprint density at radius 3 is 2.42 bits per heavy atom. The molecule has 4 heteroatoms. The Balaban J connectivity index is 2.10. The Kier molecular flexibility index (Phi) is 4.47. The van der Waals surface area contributed by atoms with Crippen LogP contribution in [0.4, 0.5) is 5.69 Å². The number of hydrazone groups is 1. The van der Waals surface area contributed by atoms with E-state index in [0.717, 1.165) is 11.3 Å². The van der Waals surface area contributed by atoms with E-state index in [-0.39, 0.29) is 11.9 Å². The summed E-state index contributed by atoms with van der Waals surface area (Å²) in [6.07, 6.45) is 1.64. The molecule has 1 aliphatic rings. The number of anilines is 1. The van der Waals surface area contributed by atoms with Crippen LogP contribution in [0.1, 0.15) is 24.2 Å². The van der Waals surface area contributed by atoms with Crippen molar-refractivity contribution in [2.24, 2.45) is 5.10 Å². The van der Waals surface area contributed by atoms with Gasteiger partial charge in [0.1, 0.15) is 0 Å². The summed E-state index contributed by atoms with van der Waals surface area (Å²) in [7, 11) is 0. The van der Waals surface area contributed by atoms with Gasteiger partial charge in [-0.25, -0.2) is 5.01 Å². The maximum atomic E-state index is 12.1. The predicted molar refractivity (Wildman–Crippen MR) is 97.9 cm³/mol. The summed E-state index contributed by atoms with van der Waals surface area (Å²) in [4.78, 5) is 14.1. The van der Waals surface area contributed by atoms with E-state index in [4.69, 9.17) is 0 Å². The zero-order valence-corrected chi connectivity index (χ0v) is 14.0. The van der Waals surface area contributed by atoms with Crippen LogP contribution in [0.5, 0.6) is 0 Å². The third-order valence-electron chi connectivity index (χ3n) is 4.04. The number of hydrogen-bond acceptors (Lipinski definition) is 4. The van der Waals surface area contributed by atoms with Gasteiger partial charge >= 0.3 is 0 Å². The van der Waals surface area contributed by atoms with Crippen LogP contribution < -0.4 is 5.01 Å². The van der Waals surface area contributed by atoms with Crippen molar-refractivity contribution in [3.05, 3.63) is 78.4 Å². The van der Waals surface area contributed by atoms with E-state index in [9.17, 15) is 4.79 Å². The molecule has 0 spiro atoms. The van der Waals surface area contributed by atoms with Crippen LogP contribution in [0.3, 0.4) is 0 Å². The summed E-state index contributed by atoms with van der Waals surface area (Å²) < 4.78 is 0. The molecular weight excluding hydrogens is 298 g/mol. The van der Waals surface area contributed by atoms with Crippen LogP contribution in [-0.4, -0.2) is 23.1 Å². The Bertz CT molecular complexity index is 765. The molecule has 0 saturated carbocycles. The summed E-state index contributed by atoms with van der Waals surface area (Å²) in [5.41, 5.74) is 3.23. The third kappa shape index (κ3) is 2.95. The number of rotatable bonds is 5. The van der Waals surface area contributed by atoms with Crippen LogP contribution in [-0.2, 0) is 4.79 Å². The fraction of sp³-hybridized carbons (Fsp3) is 0.200. The van der Waals surface area contributed by atoms with E-state index in [1.54, 1.807) is 13.0 Å². The van der Waals surface area contributed by atoms with Gasteiger partial charge in [0.05, 0.1) is 5.69 Å². The van der Waals surface area contributed by atoms with E-state index in [1.165, 1.54) is 5.56 Å². The number of carbonyl (C=O) groups excluding carboxylic acids is 1. The van der Waals surface area contributed by atoms with Crippen molar-refractivity contribution < 1.29 is 4.79 Å². The maximum Gasteiger partial charge on any atom is 0.196 e. The highest BCUT2D eigenvalue weighted by molar-refractivity contribution is 6.38. The van der Waals surface area contributed by atoms with Gasteiger partial charge in [-0.15, -0.1) is 11.7 Å². The fourth-order valence-corrected chi connectivity index (χ4v) is 2.90. The molecule has 3 rings (SSSR count). The molecule has 24 heavy (non-hydrogen) atoms. The van der Waals surface area contributed by atoms with Crippen molar-refractivity contribution in [3.63, 3.8) is 0 Å². The van der Waals surface area contributed by atoms with Crippen molar-refractivity contribution >= 4 is 17.3 Å². The monoisotopic (exact) mass is 319 g/mol. The first-order chi connectivity index (χ1) is 11.6. The Morgan fingerprint density at radius 1 is 1.17 bits per heavy atom. The van der Waals surface area contributed by atoms with E-state index < -0.39 is 0 Å². The second kappa shape index (κ2) is 6.71. The zero-order chi connectivity index (χ0) is 17.1. The smallest absolute Gasteiger partial charge is 0.196 e. The van der Waals surface area contributed by atoms with Crippen molar-refractivity contribution in [3.8, 4) is 0 Å². The molecule has 1 heterocycles. The molecule has 2 aromatic carbocycles. The maximum absolute atomic E-state index is 12.1. The van der Waals surface area contributed by atoms with Gasteiger partial charge in [0.25, 0.3) is 0 Å². The first-order valence-corrected chi connectivity index (χ1v) is 7.99. The molecular formula is C20H21N3O. The first kappa shape index (κ1) is 16.0. The number of nitrogens with zero attached hydrogens (tertiary/aromatic N) is 3. The lowest BCUT2D eigenvalue weighted by atomic mass is 10.1. The molecule has 2 aromatic rings. The second-order valence-electron chi connectivity index (χ2n) is 5.89. The number of hydrogen-bond donors (Lipinski definition) is 0. The molecule has 1 unspecified atom stereocenters. The van der Waals surface area contributed by atoms with Gasteiger partial charge in [0.15, 0.2) is 17.8 Å². The first-order valence-electron chi connectivity index (χ1n) is 7.99. The molecule has 1 atom stereocenters. The van der Waals surface area contributed by atoms with Crippen molar-refractivity contribution in [2.45, 2.75) is 20.0 Å². The van der Waals surface area contributed by atoms with E-state index in [2.05, 4.69) is 42.9 Å². The Morgan fingerprint density at radius 2 is 1.83 bits per heavy atom. The SMILES string of the molecule is C=CCN1C(C(C)=O)=NN(c2ccc(C)cc2)C1c1ccccc1. The molecule has 0 radical (unpaired) electrons. The van der Waals surface area contributed by atoms with Gasteiger partial charge < -0.3 is 4.90 Å². The highest BCUT2D eigenvalue weighted by atomic mass is 16.1. The largest absolute Gasteiger partial charge is 0.322 e. The number of amidine groups is 1. The molecule has 0 saturated heterocycles. The fourth-order valence-electron chi connectivity index (χ4n) is 2.90. The van der Waals surface area contributed by atoms with Gasteiger partial charge in [-0.2, -0.15) is 0 Å². The lowest BCUT2D eigenvalue weighted by Gasteiger charge is -2.31. The number of ketones is 1. The van der Waals surface area contributed by atoms with E-state index >= 15 is 0 Å². The van der Waals surface area contributed by atoms with Gasteiger partial charge in [0, 0.05) is 13.5 Å². The summed E-state index contributed by atoms with van der Waals surface area (Å²) >= 11 is 0. The minimum absolute atomic E-state index is 0.0487. The number of benzene rings is 2. The molecule has 1 aliphatic heterocycles. The van der Waals surface area contributed by atoms with E-state index in [1.807, 2.05) is 40.2 Å². The quantitative estimate of drug-likeness (QED) is 0.784. The van der Waals surface area contributed by atoms with Crippen molar-refractivity contribution in [1.29, 1.82) is 0 Å². The molecule has 0 fully saturated rings. The van der Waals surface area contributed by atoms with Crippen LogP contribution in [0, 0.1) is 6.92 Å². The summed E-state index contributed by atoms with van der Waals surface area (Å²) in [5.74, 6) is 0.414. The van der Waals surface area contributed by atoms with E-state index in [0.29, 0.717) is 12.4 Å². The van der Waals surface area contributed by atoms with Gasteiger partial charge in [0.2, 0.25) is 0 Å². The normalized spacial score (nSPS) is 16.9. The zero-order valence-electron chi connectivity index (χ0n) is 14.0. The number of Topliss-reactive ketones (excluding diaryl/α,β-unsaturated/α-hetero) is 1. The minimum atomic E-state index is -0.161. The highest BCUT2D eigenvalue weighted by Gasteiger charge is 2.37. The third-order valence-corrected chi connectivity index (χ3v) is 4.04. The number of aryl methyl sites for hydroxylation is 1. The van der Waals surface area contributed by atoms with Crippen molar-refractivity contribution in [2.75, 3.05) is 11.6 Å². The predicted octanol–water partition coefficient (Wildman–Crippen LogP) is 3.90. The average Bonchev–Trinajstić information content (AvgIpc) is 2.96. The molecule has 4 nitrogen and oxygen atoms in total. The highest BCUT2D eigenvalue weighted by Crippen LogP contribution is 2.35. The Hall–Kier alpha value is -2.88. The standard InChI is InChI=1S/C20H21N3O/c1-4-14-22-19(16(3)24)21-23(18-12-10-15(2)11-13-18)20(22)17-8-6-5-7-9-17/h4-13,20H,1,14H2,2-3H3. The van der Waals surface area contributed by atoms with Crippen LogP contribution >= 0.6 is 0 Å². The number of carbonyl (C=O) groups is 1.